The number of hydrogen-bond donors (Lipinski definition) is 4. The van der Waals surface area contributed by atoms with Crippen molar-refractivity contribution >= 4 is 23.2 Å². The first-order chi connectivity index (χ1) is 17.0. The van der Waals surface area contributed by atoms with Gasteiger partial charge in [-0.25, -0.2) is 14.4 Å². The van der Waals surface area contributed by atoms with Crippen molar-refractivity contribution < 1.29 is 13.9 Å². The van der Waals surface area contributed by atoms with Gasteiger partial charge in [0.05, 0.1) is 24.8 Å². The molecule has 2 atom stereocenters. The summed E-state index contributed by atoms with van der Waals surface area (Å²) in [6, 6.07) is 22.2. The van der Waals surface area contributed by atoms with E-state index in [2.05, 4.69) is 20.6 Å². The zero-order valence-electron chi connectivity index (χ0n) is 19.0. The van der Waals surface area contributed by atoms with Gasteiger partial charge in [-0.3, -0.25) is 4.79 Å². The van der Waals surface area contributed by atoms with Crippen LogP contribution in [-0.2, 0) is 0 Å². The van der Waals surface area contributed by atoms with Crippen LogP contribution >= 0.6 is 0 Å². The normalized spacial score (nSPS) is 12.4. The lowest BCUT2D eigenvalue weighted by Crippen LogP contribution is -2.27. The highest BCUT2D eigenvalue weighted by Crippen LogP contribution is 2.32. The Morgan fingerprint density at radius 3 is 2.26 bits per heavy atom. The van der Waals surface area contributed by atoms with Crippen molar-refractivity contribution in [2.75, 3.05) is 17.7 Å². The van der Waals surface area contributed by atoms with Crippen LogP contribution in [0.4, 0.5) is 21.7 Å². The van der Waals surface area contributed by atoms with Crippen LogP contribution in [0.5, 0.6) is 5.88 Å². The van der Waals surface area contributed by atoms with E-state index in [4.69, 9.17) is 16.2 Å². The van der Waals surface area contributed by atoms with E-state index in [1.54, 1.807) is 12.1 Å². The molecule has 35 heavy (non-hydrogen) atoms. The molecule has 9 heteroatoms. The lowest BCUT2D eigenvalue weighted by Gasteiger charge is -2.27. The number of halogens is 1. The number of methoxy groups -OCH3 is 1. The van der Waals surface area contributed by atoms with Crippen LogP contribution in [-0.4, -0.2) is 23.0 Å². The summed E-state index contributed by atoms with van der Waals surface area (Å²) in [7, 11) is 1.48. The van der Waals surface area contributed by atoms with Crippen molar-refractivity contribution in [1.29, 1.82) is 0 Å². The van der Waals surface area contributed by atoms with Gasteiger partial charge in [0.15, 0.2) is 11.6 Å². The zero-order chi connectivity index (χ0) is 24.8. The predicted octanol–water partition coefficient (Wildman–Crippen LogP) is 4.32. The molecule has 4 rings (SSSR count). The summed E-state index contributed by atoms with van der Waals surface area (Å²) >= 11 is 0. The van der Waals surface area contributed by atoms with E-state index < -0.39 is 23.8 Å². The summed E-state index contributed by atoms with van der Waals surface area (Å²) in [4.78, 5) is 20.5. The molecule has 0 bridgehead atoms. The molecule has 0 saturated heterocycles. The second-order valence-corrected chi connectivity index (χ2v) is 7.76. The summed E-state index contributed by atoms with van der Waals surface area (Å²) in [6.45, 7) is 0. The number of anilines is 3. The Kier molecular flexibility index (Phi) is 7.18. The molecular formula is C26H25FN6O2. The molecule has 0 aliphatic heterocycles. The van der Waals surface area contributed by atoms with Crippen molar-refractivity contribution in [1.82, 2.24) is 9.97 Å². The Labute approximate surface area is 202 Å². The number of amides is 1. The standard InChI is InChI=1S/C26H25FN6O2/c1-35-21-14-18(12-13-30-21)31-25-19(24(29)34)15-20(27)26(33-25)32-23(17-10-6-3-7-11-17)22(28)16-8-4-2-5-9-16/h2-15,22-23H,28H2,1H3,(H2,29,34)(H2,30,31,32,33)/t22-,23-/m1/s1. The molecule has 2 aromatic heterocycles. The fourth-order valence-electron chi connectivity index (χ4n) is 3.66. The third kappa shape index (κ3) is 5.53. The third-order valence-electron chi connectivity index (χ3n) is 5.44. The number of benzene rings is 2. The predicted molar refractivity (Wildman–Crippen MR) is 133 cm³/mol. The Morgan fingerprint density at radius 1 is 0.971 bits per heavy atom. The topological polar surface area (TPSA) is 128 Å². The number of carbonyl (C=O) groups excluding carboxylic acids is 1. The highest BCUT2D eigenvalue weighted by atomic mass is 19.1. The first-order valence-corrected chi connectivity index (χ1v) is 10.9. The minimum atomic E-state index is -0.827. The lowest BCUT2D eigenvalue weighted by molar-refractivity contribution is 0.100. The van der Waals surface area contributed by atoms with Gasteiger partial charge in [-0.1, -0.05) is 60.7 Å². The highest BCUT2D eigenvalue weighted by molar-refractivity contribution is 5.98. The fraction of sp³-hybridized carbons (Fsp3) is 0.115. The number of hydrogen-bond acceptors (Lipinski definition) is 7. The van der Waals surface area contributed by atoms with Crippen molar-refractivity contribution in [3.8, 4) is 5.88 Å². The molecule has 2 heterocycles. The van der Waals surface area contributed by atoms with Gasteiger partial charge >= 0.3 is 0 Å². The average Bonchev–Trinajstić information content (AvgIpc) is 2.89. The zero-order valence-corrected chi connectivity index (χ0v) is 19.0. The number of carbonyl (C=O) groups is 1. The maximum atomic E-state index is 15.2. The van der Waals surface area contributed by atoms with Gasteiger partial charge in [-0.2, -0.15) is 0 Å². The molecule has 0 spiro atoms. The van der Waals surface area contributed by atoms with Crippen LogP contribution in [0.3, 0.4) is 0 Å². The summed E-state index contributed by atoms with van der Waals surface area (Å²) in [5.41, 5.74) is 14.3. The minimum Gasteiger partial charge on any atom is -0.481 e. The van der Waals surface area contributed by atoms with Gasteiger partial charge in [0.25, 0.3) is 5.91 Å². The van der Waals surface area contributed by atoms with Crippen molar-refractivity contribution in [3.63, 3.8) is 0 Å². The summed E-state index contributed by atoms with van der Waals surface area (Å²) in [5.74, 6) is -1.22. The van der Waals surface area contributed by atoms with Crippen LogP contribution in [0, 0.1) is 5.82 Å². The number of nitrogens with two attached hydrogens (primary N) is 2. The molecule has 8 nitrogen and oxygen atoms in total. The Bertz CT molecular complexity index is 1300. The first kappa shape index (κ1) is 23.7. The monoisotopic (exact) mass is 472 g/mol. The molecule has 0 radical (unpaired) electrons. The molecule has 0 aliphatic rings. The molecule has 0 unspecified atom stereocenters. The van der Waals surface area contributed by atoms with E-state index in [0.29, 0.717) is 11.6 Å². The third-order valence-corrected chi connectivity index (χ3v) is 5.44. The number of primary amides is 1. The smallest absolute Gasteiger partial charge is 0.252 e. The van der Waals surface area contributed by atoms with Crippen LogP contribution in [0.2, 0.25) is 0 Å². The Hall–Kier alpha value is -4.50. The van der Waals surface area contributed by atoms with E-state index in [1.165, 1.54) is 13.3 Å². The van der Waals surface area contributed by atoms with E-state index >= 15 is 4.39 Å². The summed E-state index contributed by atoms with van der Waals surface area (Å²) in [6.07, 6.45) is 1.53. The quantitative estimate of drug-likeness (QED) is 0.286. The number of ether oxygens (including phenoxy) is 1. The van der Waals surface area contributed by atoms with Gasteiger partial charge in [-0.15, -0.1) is 0 Å². The maximum Gasteiger partial charge on any atom is 0.252 e. The summed E-state index contributed by atoms with van der Waals surface area (Å²) < 4.78 is 20.3. The SMILES string of the molecule is COc1cc(Nc2nc(N[C@H](c3ccccc3)[C@H](N)c3ccccc3)c(F)cc2C(N)=O)ccn1. The van der Waals surface area contributed by atoms with E-state index in [1.807, 2.05) is 60.7 Å². The van der Waals surface area contributed by atoms with Crippen LogP contribution in [0.1, 0.15) is 33.6 Å². The Morgan fingerprint density at radius 2 is 1.63 bits per heavy atom. The minimum absolute atomic E-state index is 0.0785. The average molecular weight is 473 g/mol. The van der Waals surface area contributed by atoms with E-state index in [-0.39, 0.29) is 17.2 Å². The van der Waals surface area contributed by atoms with Crippen molar-refractivity contribution in [2.24, 2.45) is 11.5 Å². The molecule has 2 aromatic carbocycles. The number of aromatic nitrogens is 2. The number of pyridine rings is 2. The molecule has 0 saturated carbocycles. The summed E-state index contributed by atoms with van der Waals surface area (Å²) in [5, 5.41) is 6.14. The fourth-order valence-corrected chi connectivity index (χ4v) is 3.66. The van der Waals surface area contributed by atoms with Crippen LogP contribution in [0.25, 0.3) is 0 Å². The van der Waals surface area contributed by atoms with E-state index in [0.717, 1.165) is 17.2 Å². The van der Waals surface area contributed by atoms with E-state index in [9.17, 15) is 4.79 Å². The number of nitrogens with zero attached hydrogens (tertiary/aromatic N) is 2. The van der Waals surface area contributed by atoms with Gasteiger partial charge in [-0.05, 0) is 23.3 Å². The Balaban J connectivity index is 1.73. The van der Waals surface area contributed by atoms with Crippen LogP contribution in [0.15, 0.2) is 85.1 Å². The molecule has 0 aliphatic carbocycles. The first-order valence-electron chi connectivity index (χ1n) is 10.9. The van der Waals surface area contributed by atoms with Crippen molar-refractivity contribution in [2.45, 2.75) is 12.1 Å². The van der Waals surface area contributed by atoms with Gasteiger partial charge < -0.3 is 26.8 Å². The number of nitrogens with one attached hydrogen (secondary N) is 2. The van der Waals surface area contributed by atoms with Crippen LogP contribution < -0.4 is 26.8 Å². The largest absolute Gasteiger partial charge is 0.481 e. The second-order valence-electron chi connectivity index (χ2n) is 7.76. The van der Waals surface area contributed by atoms with Gasteiger partial charge in [0.2, 0.25) is 5.88 Å². The van der Waals surface area contributed by atoms with Crippen molar-refractivity contribution in [3.05, 3.63) is 108 Å². The van der Waals surface area contributed by atoms with Gasteiger partial charge in [0, 0.05) is 18.0 Å². The molecular weight excluding hydrogens is 447 g/mol. The maximum absolute atomic E-state index is 15.2. The highest BCUT2D eigenvalue weighted by Gasteiger charge is 2.25. The number of rotatable bonds is 9. The molecule has 1 amide bonds. The second kappa shape index (κ2) is 10.6. The molecule has 0 fully saturated rings. The molecule has 6 N–H and O–H groups in total. The molecule has 178 valence electrons. The molecule has 4 aromatic rings. The van der Waals surface area contributed by atoms with Gasteiger partial charge in [0.1, 0.15) is 5.82 Å². The lowest BCUT2D eigenvalue weighted by atomic mass is 9.94.